The van der Waals surface area contributed by atoms with Gasteiger partial charge in [-0.3, -0.25) is 9.59 Å². The summed E-state index contributed by atoms with van der Waals surface area (Å²) in [5, 5.41) is 2.72. The highest BCUT2D eigenvalue weighted by Crippen LogP contribution is 2.31. The quantitative estimate of drug-likeness (QED) is 0.839. The number of anilines is 2. The maximum Gasteiger partial charge on any atom is 0.338 e. The number of halogens is 2. The molecule has 0 unspecified atom stereocenters. The molecule has 0 radical (unpaired) electrons. The molecule has 2 aromatic carbocycles. The normalized spacial score (nSPS) is 16.2. The summed E-state index contributed by atoms with van der Waals surface area (Å²) in [6, 6.07) is 8.56. The van der Waals surface area contributed by atoms with E-state index in [1.54, 1.807) is 31.2 Å². The van der Waals surface area contributed by atoms with Crippen molar-refractivity contribution in [3.63, 3.8) is 0 Å². The minimum atomic E-state index is -1.02. The van der Waals surface area contributed by atoms with Crippen LogP contribution in [0.2, 0.25) is 0 Å². The molecule has 0 bridgehead atoms. The van der Waals surface area contributed by atoms with Crippen LogP contribution in [-0.2, 0) is 14.3 Å². The lowest BCUT2D eigenvalue weighted by molar-refractivity contribution is -0.122. The number of benzene rings is 2. The SMILES string of the molecule is C[C@H]1CC(=O)Nc2ccccc2N1C(=O)COC(=O)c1cc(F)cc(F)c1. The molecule has 140 valence electrons. The Bertz CT molecular complexity index is 896. The van der Waals surface area contributed by atoms with Gasteiger partial charge in [-0.2, -0.15) is 0 Å². The Morgan fingerprint density at radius 3 is 2.56 bits per heavy atom. The Hall–Kier alpha value is -3.29. The smallest absolute Gasteiger partial charge is 0.338 e. The first kappa shape index (κ1) is 18.5. The number of carbonyl (C=O) groups is 3. The number of ether oxygens (including phenoxy) is 1. The zero-order valence-electron chi connectivity index (χ0n) is 14.4. The molecule has 3 rings (SSSR count). The van der Waals surface area contributed by atoms with Gasteiger partial charge in [-0.05, 0) is 31.2 Å². The number of nitrogens with zero attached hydrogens (tertiary/aromatic N) is 1. The summed E-state index contributed by atoms with van der Waals surface area (Å²) >= 11 is 0. The number of amides is 2. The molecule has 0 aromatic heterocycles. The summed E-state index contributed by atoms with van der Waals surface area (Å²) in [7, 11) is 0. The number of fused-ring (bicyclic) bond motifs is 1. The molecular weight excluding hydrogens is 358 g/mol. The van der Waals surface area contributed by atoms with Crippen LogP contribution in [0.25, 0.3) is 0 Å². The summed E-state index contributed by atoms with van der Waals surface area (Å²) in [6.07, 6.45) is 0.0729. The molecule has 0 saturated heterocycles. The van der Waals surface area contributed by atoms with E-state index in [1.165, 1.54) is 4.90 Å². The Morgan fingerprint density at radius 1 is 1.19 bits per heavy atom. The van der Waals surface area contributed by atoms with Gasteiger partial charge in [0.25, 0.3) is 5.91 Å². The molecule has 1 heterocycles. The van der Waals surface area contributed by atoms with E-state index in [0.717, 1.165) is 12.1 Å². The summed E-state index contributed by atoms with van der Waals surface area (Å²) in [5.41, 5.74) is 0.619. The van der Waals surface area contributed by atoms with Crippen LogP contribution in [0.15, 0.2) is 42.5 Å². The number of para-hydroxylation sites is 2. The molecule has 1 aliphatic heterocycles. The topological polar surface area (TPSA) is 75.7 Å². The molecule has 6 nitrogen and oxygen atoms in total. The molecule has 27 heavy (non-hydrogen) atoms. The van der Waals surface area contributed by atoms with Crippen molar-refractivity contribution >= 4 is 29.2 Å². The number of hydrogen-bond acceptors (Lipinski definition) is 4. The monoisotopic (exact) mass is 374 g/mol. The van der Waals surface area contributed by atoms with E-state index in [9.17, 15) is 23.2 Å². The van der Waals surface area contributed by atoms with Gasteiger partial charge in [-0.25, -0.2) is 13.6 Å². The molecule has 1 atom stereocenters. The lowest BCUT2D eigenvalue weighted by Gasteiger charge is -2.27. The molecule has 0 saturated carbocycles. The van der Waals surface area contributed by atoms with Gasteiger partial charge < -0.3 is 15.0 Å². The lowest BCUT2D eigenvalue weighted by Crippen LogP contribution is -2.41. The van der Waals surface area contributed by atoms with E-state index in [1.807, 2.05) is 0 Å². The Kier molecular flexibility index (Phi) is 5.16. The predicted octanol–water partition coefficient (Wildman–Crippen LogP) is 2.89. The van der Waals surface area contributed by atoms with Gasteiger partial charge in [0.1, 0.15) is 11.6 Å². The molecule has 1 aliphatic rings. The highest BCUT2D eigenvalue weighted by molar-refractivity contribution is 6.05. The molecule has 8 heteroatoms. The average Bonchev–Trinajstić information content (AvgIpc) is 2.72. The maximum atomic E-state index is 13.2. The zero-order valence-corrected chi connectivity index (χ0v) is 14.4. The summed E-state index contributed by atoms with van der Waals surface area (Å²) in [5.74, 6) is -3.67. The first-order valence-electron chi connectivity index (χ1n) is 8.19. The minimum Gasteiger partial charge on any atom is -0.452 e. The van der Waals surface area contributed by atoms with Crippen molar-refractivity contribution in [2.75, 3.05) is 16.8 Å². The highest BCUT2D eigenvalue weighted by atomic mass is 19.1. The van der Waals surface area contributed by atoms with Crippen LogP contribution in [0.3, 0.4) is 0 Å². The summed E-state index contributed by atoms with van der Waals surface area (Å²) in [4.78, 5) is 38.0. The fourth-order valence-electron chi connectivity index (χ4n) is 2.92. The third-order valence-corrected chi connectivity index (χ3v) is 4.05. The number of hydrogen-bond donors (Lipinski definition) is 1. The van der Waals surface area contributed by atoms with E-state index < -0.39 is 36.2 Å². The van der Waals surface area contributed by atoms with Crippen LogP contribution in [0, 0.1) is 11.6 Å². The molecule has 0 aliphatic carbocycles. The number of carbonyl (C=O) groups excluding carboxylic acids is 3. The van der Waals surface area contributed by atoms with Crippen LogP contribution in [-0.4, -0.2) is 30.4 Å². The third kappa shape index (κ3) is 4.11. The number of esters is 1. The van der Waals surface area contributed by atoms with Gasteiger partial charge in [0.2, 0.25) is 5.91 Å². The van der Waals surface area contributed by atoms with Crippen molar-refractivity contribution in [3.05, 3.63) is 59.7 Å². The second-order valence-electron chi connectivity index (χ2n) is 6.12. The Balaban J connectivity index is 1.77. The first-order chi connectivity index (χ1) is 12.8. The van der Waals surface area contributed by atoms with E-state index in [0.29, 0.717) is 17.4 Å². The van der Waals surface area contributed by atoms with Gasteiger partial charge in [0.05, 0.1) is 16.9 Å². The molecule has 0 fully saturated rings. The third-order valence-electron chi connectivity index (χ3n) is 4.05. The second kappa shape index (κ2) is 7.53. The minimum absolute atomic E-state index is 0.0729. The van der Waals surface area contributed by atoms with Crippen molar-refractivity contribution in [2.24, 2.45) is 0 Å². The number of rotatable bonds is 3. The lowest BCUT2D eigenvalue weighted by atomic mass is 10.1. The Labute approximate surface area is 153 Å². The van der Waals surface area contributed by atoms with E-state index in [-0.39, 0.29) is 17.9 Å². The molecule has 0 spiro atoms. The zero-order chi connectivity index (χ0) is 19.6. The van der Waals surface area contributed by atoms with E-state index >= 15 is 0 Å². The van der Waals surface area contributed by atoms with Crippen LogP contribution in [0.1, 0.15) is 23.7 Å². The van der Waals surface area contributed by atoms with Crippen LogP contribution in [0.5, 0.6) is 0 Å². The predicted molar refractivity (Wildman–Crippen MR) is 93.3 cm³/mol. The van der Waals surface area contributed by atoms with Crippen LogP contribution >= 0.6 is 0 Å². The molecule has 2 aromatic rings. The van der Waals surface area contributed by atoms with Gasteiger partial charge in [0, 0.05) is 18.5 Å². The second-order valence-corrected chi connectivity index (χ2v) is 6.12. The summed E-state index contributed by atoms with van der Waals surface area (Å²) < 4.78 is 31.3. The fourth-order valence-corrected chi connectivity index (χ4v) is 2.92. The van der Waals surface area contributed by atoms with Crippen molar-refractivity contribution in [1.29, 1.82) is 0 Å². The molecule has 1 N–H and O–H groups in total. The van der Waals surface area contributed by atoms with Crippen molar-refractivity contribution in [3.8, 4) is 0 Å². The van der Waals surface area contributed by atoms with Gasteiger partial charge in [-0.15, -0.1) is 0 Å². The van der Waals surface area contributed by atoms with Gasteiger partial charge in [-0.1, -0.05) is 12.1 Å². The molecular formula is C19H16F2N2O4. The van der Waals surface area contributed by atoms with Crippen LogP contribution < -0.4 is 10.2 Å². The Morgan fingerprint density at radius 2 is 1.85 bits per heavy atom. The van der Waals surface area contributed by atoms with E-state index in [4.69, 9.17) is 4.74 Å². The highest BCUT2D eigenvalue weighted by Gasteiger charge is 2.30. The maximum absolute atomic E-state index is 13.2. The largest absolute Gasteiger partial charge is 0.452 e. The van der Waals surface area contributed by atoms with Crippen molar-refractivity contribution < 1.29 is 27.9 Å². The van der Waals surface area contributed by atoms with Gasteiger partial charge in [0.15, 0.2) is 6.61 Å². The molecule has 2 amide bonds. The van der Waals surface area contributed by atoms with E-state index in [2.05, 4.69) is 5.32 Å². The fraction of sp³-hybridized carbons (Fsp3) is 0.211. The number of nitrogens with one attached hydrogen (secondary N) is 1. The van der Waals surface area contributed by atoms with Crippen LogP contribution in [0.4, 0.5) is 20.2 Å². The standard InChI is InChI=1S/C19H16F2N2O4/c1-11-6-17(24)22-15-4-2-3-5-16(15)23(11)18(25)10-27-19(26)12-7-13(20)9-14(21)8-12/h2-5,7-9,11H,6,10H2,1H3,(H,22,24)/t11-/m0/s1. The summed E-state index contributed by atoms with van der Waals surface area (Å²) in [6.45, 7) is 1.06. The average molecular weight is 374 g/mol. The van der Waals surface area contributed by atoms with Crippen molar-refractivity contribution in [2.45, 2.75) is 19.4 Å². The van der Waals surface area contributed by atoms with Gasteiger partial charge >= 0.3 is 5.97 Å². The first-order valence-corrected chi connectivity index (χ1v) is 8.19. The van der Waals surface area contributed by atoms with Crippen molar-refractivity contribution in [1.82, 2.24) is 0 Å².